The van der Waals surface area contributed by atoms with Crippen LogP contribution in [0.15, 0.2) is 78.4 Å². The number of H-pyrrole nitrogens is 1. The summed E-state index contributed by atoms with van der Waals surface area (Å²) < 4.78 is 28.9. The molecule has 0 radical (unpaired) electrons. The largest absolute Gasteiger partial charge is 0.361 e. The molecule has 1 N–H and O–H groups in total. The fourth-order valence-electron chi connectivity index (χ4n) is 3.61. The lowest BCUT2D eigenvalue weighted by Crippen LogP contribution is -2.30. The number of aromatic nitrogens is 3. The van der Waals surface area contributed by atoms with Crippen LogP contribution in [-0.2, 0) is 13.1 Å². The number of aromatic amines is 1. The van der Waals surface area contributed by atoms with Gasteiger partial charge in [0.1, 0.15) is 17.3 Å². The molecule has 0 saturated carbocycles. The van der Waals surface area contributed by atoms with E-state index in [1.54, 1.807) is 16.2 Å². The molecule has 0 aliphatic rings. The smallest absolute Gasteiger partial charge is 0.274 e. The van der Waals surface area contributed by atoms with Crippen molar-refractivity contribution in [2.24, 2.45) is 0 Å². The van der Waals surface area contributed by atoms with Gasteiger partial charge in [0.2, 0.25) is 0 Å². The molecule has 160 valence electrons. The van der Waals surface area contributed by atoms with Crippen LogP contribution in [0.2, 0.25) is 0 Å². The Balaban J connectivity index is 1.45. The summed E-state index contributed by atoms with van der Waals surface area (Å²) in [4.78, 5) is 19.3. The molecular weight excluding hydrogens is 430 g/mol. The van der Waals surface area contributed by atoms with Crippen molar-refractivity contribution < 1.29 is 13.6 Å². The van der Waals surface area contributed by atoms with Crippen LogP contribution in [-0.4, -0.2) is 25.6 Å². The number of carbonyl (C=O) groups is 1. The van der Waals surface area contributed by atoms with E-state index >= 15 is 0 Å². The molecule has 0 saturated heterocycles. The third-order valence-electron chi connectivity index (χ3n) is 5.17. The van der Waals surface area contributed by atoms with E-state index in [9.17, 15) is 13.6 Å². The molecular formula is C24H18F2N4OS. The van der Waals surface area contributed by atoms with Crippen molar-refractivity contribution >= 4 is 28.1 Å². The lowest BCUT2D eigenvalue weighted by atomic mass is 10.1. The first kappa shape index (κ1) is 20.1. The standard InChI is InChI=1S/C24H18F2N4OS/c25-18-4-5-20(26)23(13-18)30-10-8-22(28-30)24(31)29(15-19-2-1-11-32-19)14-16-3-6-21-17(12-16)7-9-27-21/h1-13,27H,14-15H2. The molecule has 0 aliphatic heterocycles. The maximum atomic E-state index is 14.1. The van der Waals surface area contributed by atoms with Crippen molar-refractivity contribution in [2.45, 2.75) is 13.1 Å². The van der Waals surface area contributed by atoms with Crippen LogP contribution >= 0.6 is 11.3 Å². The summed E-state index contributed by atoms with van der Waals surface area (Å²) in [6.07, 6.45) is 3.33. The Bertz CT molecular complexity index is 1390. The Morgan fingerprint density at radius 3 is 2.81 bits per heavy atom. The van der Waals surface area contributed by atoms with Crippen LogP contribution < -0.4 is 0 Å². The highest BCUT2D eigenvalue weighted by molar-refractivity contribution is 7.09. The summed E-state index contributed by atoms with van der Waals surface area (Å²) in [5.41, 5.74) is 2.12. The molecule has 5 nitrogen and oxygen atoms in total. The van der Waals surface area contributed by atoms with Gasteiger partial charge < -0.3 is 9.88 Å². The topological polar surface area (TPSA) is 53.9 Å². The van der Waals surface area contributed by atoms with E-state index in [2.05, 4.69) is 10.1 Å². The van der Waals surface area contributed by atoms with Gasteiger partial charge >= 0.3 is 0 Å². The summed E-state index contributed by atoms with van der Waals surface area (Å²) in [5.74, 6) is -1.49. The van der Waals surface area contributed by atoms with Gasteiger partial charge in [-0.1, -0.05) is 12.1 Å². The van der Waals surface area contributed by atoms with Gasteiger partial charge in [0.25, 0.3) is 5.91 Å². The SMILES string of the molecule is O=C(c1ccn(-c2cc(F)ccc2F)n1)N(Cc1ccc2[nH]ccc2c1)Cc1cccs1. The number of fused-ring (bicyclic) bond motifs is 1. The first-order valence-corrected chi connectivity index (χ1v) is 10.8. The molecule has 3 aromatic heterocycles. The van der Waals surface area contributed by atoms with Crippen LogP contribution in [0.5, 0.6) is 0 Å². The van der Waals surface area contributed by atoms with E-state index in [0.29, 0.717) is 13.1 Å². The second kappa shape index (κ2) is 8.39. The minimum Gasteiger partial charge on any atom is -0.361 e. The van der Waals surface area contributed by atoms with E-state index < -0.39 is 11.6 Å². The number of thiophene rings is 1. The molecule has 2 aromatic carbocycles. The molecule has 5 aromatic rings. The summed E-state index contributed by atoms with van der Waals surface area (Å²) in [7, 11) is 0. The van der Waals surface area contributed by atoms with E-state index in [0.717, 1.165) is 39.5 Å². The van der Waals surface area contributed by atoms with Gasteiger partial charge in [-0.15, -0.1) is 11.3 Å². The van der Waals surface area contributed by atoms with Crippen molar-refractivity contribution in [3.63, 3.8) is 0 Å². The molecule has 0 spiro atoms. The molecule has 0 unspecified atom stereocenters. The molecule has 1 amide bonds. The number of hydrogen-bond acceptors (Lipinski definition) is 3. The second-order valence-electron chi connectivity index (χ2n) is 7.38. The van der Waals surface area contributed by atoms with Crippen molar-refractivity contribution in [1.29, 1.82) is 0 Å². The van der Waals surface area contributed by atoms with Gasteiger partial charge in [-0.05, 0) is 58.8 Å². The zero-order valence-electron chi connectivity index (χ0n) is 16.8. The van der Waals surface area contributed by atoms with Crippen molar-refractivity contribution in [1.82, 2.24) is 19.7 Å². The zero-order valence-corrected chi connectivity index (χ0v) is 17.7. The van der Waals surface area contributed by atoms with Gasteiger partial charge in [-0.2, -0.15) is 5.10 Å². The molecule has 0 atom stereocenters. The minimum absolute atomic E-state index is 0.0493. The van der Waals surface area contributed by atoms with Crippen LogP contribution in [0.1, 0.15) is 20.9 Å². The van der Waals surface area contributed by atoms with Crippen LogP contribution in [0.25, 0.3) is 16.6 Å². The predicted molar refractivity (Wildman–Crippen MR) is 120 cm³/mol. The molecule has 8 heteroatoms. The Morgan fingerprint density at radius 1 is 1.06 bits per heavy atom. The Morgan fingerprint density at radius 2 is 1.97 bits per heavy atom. The molecule has 32 heavy (non-hydrogen) atoms. The third kappa shape index (κ3) is 4.04. The summed E-state index contributed by atoms with van der Waals surface area (Å²) in [5, 5.41) is 7.26. The number of hydrogen-bond donors (Lipinski definition) is 1. The van der Waals surface area contributed by atoms with E-state index in [-0.39, 0.29) is 17.3 Å². The molecule has 0 bridgehead atoms. The Kier molecular flexibility index (Phi) is 5.28. The van der Waals surface area contributed by atoms with Crippen molar-refractivity contribution in [2.75, 3.05) is 0 Å². The monoisotopic (exact) mass is 448 g/mol. The normalized spacial score (nSPS) is 11.2. The summed E-state index contributed by atoms with van der Waals surface area (Å²) in [6.45, 7) is 0.807. The lowest BCUT2D eigenvalue weighted by molar-refractivity contribution is 0.0725. The zero-order chi connectivity index (χ0) is 22.1. The lowest BCUT2D eigenvalue weighted by Gasteiger charge is -2.21. The van der Waals surface area contributed by atoms with Gasteiger partial charge in [-0.3, -0.25) is 4.79 Å². The highest BCUT2D eigenvalue weighted by atomic mass is 32.1. The number of rotatable bonds is 6. The minimum atomic E-state index is -0.622. The molecule has 5 rings (SSSR count). The van der Waals surface area contributed by atoms with Gasteiger partial charge in [0, 0.05) is 35.4 Å². The van der Waals surface area contributed by atoms with Gasteiger partial charge in [0.05, 0.1) is 6.54 Å². The summed E-state index contributed by atoms with van der Waals surface area (Å²) >= 11 is 1.57. The number of nitrogens with one attached hydrogen (secondary N) is 1. The average Bonchev–Trinajstić information content (AvgIpc) is 3.56. The molecule has 3 heterocycles. The quantitative estimate of drug-likeness (QED) is 0.371. The predicted octanol–water partition coefficient (Wildman–Crippen LogP) is 5.54. The Hall–Kier alpha value is -3.78. The number of carbonyl (C=O) groups excluding carboxylic acids is 1. The first-order chi connectivity index (χ1) is 15.6. The Labute approximate surface area is 186 Å². The first-order valence-electron chi connectivity index (χ1n) is 9.95. The fraction of sp³-hybridized carbons (Fsp3) is 0.0833. The maximum absolute atomic E-state index is 14.1. The van der Waals surface area contributed by atoms with E-state index in [1.807, 2.05) is 48.0 Å². The van der Waals surface area contributed by atoms with E-state index in [4.69, 9.17) is 0 Å². The molecule has 0 aliphatic carbocycles. The maximum Gasteiger partial charge on any atom is 0.274 e. The van der Waals surface area contributed by atoms with Crippen LogP contribution in [0.3, 0.4) is 0 Å². The third-order valence-corrected chi connectivity index (χ3v) is 6.03. The highest BCUT2D eigenvalue weighted by Crippen LogP contribution is 2.21. The molecule has 0 fully saturated rings. The number of nitrogens with zero attached hydrogens (tertiary/aromatic N) is 3. The van der Waals surface area contributed by atoms with E-state index in [1.165, 1.54) is 16.9 Å². The van der Waals surface area contributed by atoms with Gasteiger partial charge in [0.15, 0.2) is 5.69 Å². The number of amides is 1. The van der Waals surface area contributed by atoms with Crippen molar-refractivity contribution in [3.05, 3.63) is 106 Å². The average molecular weight is 448 g/mol. The second-order valence-corrected chi connectivity index (χ2v) is 8.41. The number of halogens is 2. The highest BCUT2D eigenvalue weighted by Gasteiger charge is 2.21. The van der Waals surface area contributed by atoms with Crippen LogP contribution in [0.4, 0.5) is 8.78 Å². The fourth-order valence-corrected chi connectivity index (χ4v) is 4.33. The van der Waals surface area contributed by atoms with Crippen molar-refractivity contribution in [3.8, 4) is 5.69 Å². The summed E-state index contributed by atoms with van der Waals surface area (Å²) in [6, 6.07) is 16.5. The van der Waals surface area contributed by atoms with Crippen LogP contribution in [0, 0.1) is 11.6 Å². The van der Waals surface area contributed by atoms with Gasteiger partial charge in [-0.25, -0.2) is 13.5 Å². The number of benzene rings is 2.